The fourth-order valence-electron chi connectivity index (χ4n) is 3.27. The Morgan fingerprint density at radius 1 is 1.00 bits per heavy atom. The van der Waals surface area contributed by atoms with Crippen molar-refractivity contribution >= 4 is 0 Å². The van der Waals surface area contributed by atoms with Crippen LogP contribution in [0.3, 0.4) is 0 Å². The minimum atomic E-state index is 0.445. The van der Waals surface area contributed by atoms with Crippen LogP contribution in [0.2, 0.25) is 0 Å². The molecule has 1 aliphatic carbocycles. The number of rotatable bonds is 0. The van der Waals surface area contributed by atoms with E-state index in [2.05, 4.69) is 27.7 Å². The van der Waals surface area contributed by atoms with E-state index in [-0.39, 0.29) is 0 Å². The van der Waals surface area contributed by atoms with Crippen molar-refractivity contribution in [2.45, 2.75) is 59.4 Å². The zero-order valence-electron chi connectivity index (χ0n) is 9.64. The molecule has 2 unspecified atom stereocenters. The van der Waals surface area contributed by atoms with Gasteiger partial charge in [0.25, 0.3) is 0 Å². The zero-order chi connectivity index (χ0) is 10.1. The maximum atomic E-state index is 6.07. The van der Waals surface area contributed by atoms with E-state index in [4.69, 9.17) is 5.73 Å². The quantitative estimate of drug-likeness (QED) is 0.613. The summed E-state index contributed by atoms with van der Waals surface area (Å²) in [7, 11) is 0. The Morgan fingerprint density at radius 3 is 1.77 bits per heavy atom. The first-order valence-electron chi connectivity index (χ1n) is 5.64. The smallest absolute Gasteiger partial charge is 0.00439 e. The maximum absolute atomic E-state index is 6.07. The van der Waals surface area contributed by atoms with E-state index in [1.54, 1.807) is 0 Å². The molecule has 1 heteroatoms. The molecule has 1 nitrogen and oxygen atoms in total. The van der Waals surface area contributed by atoms with Crippen LogP contribution in [0.1, 0.15) is 53.4 Å². The van der Waals surface area contributed by atoms with Gasteiger partial charge in [-0.05, 0) is 42.9 Å². The molecular weight excluding hydrogens is 158 g/mol. The molecule has 0 radical (unpaired) electrons. The van der Waals surface area contributed by atoms with Gasteiger partial charge in [0, 0.05) is 6.04 Å². The highest BCUT2D eigenvalue weighted by Crippen LogP contribution is 2.37. The van der Waals surface area contributed by atoms with Crippen molar-refractivity contribution in [1.82, 2.24) is 0 Å². The minimum Gasteiger partial charge on any atom is -0.328 e. The Bertz CT molecular complexity index is 147. The van der Waals surface area contributed by atoms with Gasteiger partial charge in [-0.15, -0.1) is 0 Å². The first-order valence-corrected chi connectivity index (χ1v) is 5.64. The summed E-state index contributed by atoms with van der Waals surface area (Å²) in [4.78, 5) is 0. The lowest BCUT2D eigenvalue weighted by Gasteiger charge is -2.35. The third-order valence-corrected chi connectivity index (χ3v) is 3.21. The normalized spacial score (nSPS) is 40.8. The summed E-state index contributed by atoms with van der Waals surface area (Å²) in [5.41, 5.74) is 6.60. The van der Waals surface area contributed by atoms with Gasteiger partial charge in [-0.2, -0.15) is 0 Å². The Kier molecular flexibility index (Phi) is 3.39. The molecule has 0 spiro atoms. The highest BCUT2D eigenvalue weighted by Gasteiger charge is 2.28. The summed E-state index contributed by atoms with van der Waals surface area (Å²) in [6.45, 7) is 9.49. The first-order chi connectivity index (χ1) is 5.89. The van der Waals surface area contributed by atoms with Crippen molar-refractivity contribution in [2.75, 3.05) is 0 Å². The predicted octanol–water partition coefficient (Wildman–Crippen LogP) is 3.19. The van der Waals surface area contributed by atoms with Crippen LogP contribution in [0.5, 0.6) is 0 Å². The Morgan fingerprint density at radius 2 is 1.38 bits per heavy atom. The minimum absolute atomic E-state index is 0.445. The van der Waals surface area contributed by atoms with Crippen LogP contribution in [0.4, 0.5) is 0 Å². The first kappa shape index (κ1) is 11.0. The van der Waals surface area contributed by atoms with E-state index >= 15 is 0 Å². The zero-order valence-corrected chi connectivity index (χ0v) is 9.64. The molecule has 1 aliphatic rings. The third-order valence-electron chi connectivity index (χ3n) is 3.21. The van der Waals surface area contributed by atoms with E-state index in [9.17, 15) is 0 Å². The fraction of sp³-hybridized carbons (Fsp3) is 1.00. The molecule has 0 bridgehead atoms. The van der Waals surface area contributed by atoms with Crippen molar-refractivity contribution in [2.24, 2.45) is 23.0 Å². The van der Waals surface area contributed by atoms with Crippen LogP contribution in [-0.2, 0) is 0 Å². The molecule has 0 saturated heterocycles. The Labute approximate surface area is 83.1 Å². The van der Waals surface area contributed by atoms with Gasteiger partial charge in [0.05, 0.1) is 0 Å². The van der Waals surface area contributed by atoms with Crippen LogP contribution < -0.4 is 5.73 Å². The van der Waals surface area contributed by atoms with Gasteiger partial charge in [-0.3, -0.25) is 0 Å². The molecule has 0 aromatic heterocycles. The molecule has 2 N–H and O–H groups in total. The van der Waals surface area contributed by atoms with Crippen LogP contribution in [0.25, 0.3) is 0 Å². The summed E-state index contributed by atoms with van der Waals surface area (Å²) < 4.78 is 0. The molecular formula is C12H25N. The molecule has 0 aromatic rings. The Balaban J connectivity index is 2.59. The van der Waals surface area contributed by atoms with E-state index in [0.29, 0.717) is 11.5 Å². The van der Waals surface area contributed by atoms with E-state index in [1.165, 1.54) is 25.7 Å². The van der Waals surface area contributed by atoms with E-state index < -0.39 is 0 Å². The lowest BCUT2D eigenvalue weighted by molar-refractivity contribution is 0.173. The van der Waals surface area contributed by atoms with Gasteiger partial charge in [-0.1, -0.05) is 27.7 Å². The van der Waals surface area contributed by atoms with Crippen molar-refractivity contribution in [1.29, 1.82) is 0 Å². The van der Waals surface area contributed by atoms with Gasteiger partial charge in [0.2, 0.25) is 0 Å². The van der Waals surface area contributed by atoms with Crippen molar-refractivity contribution in [3.05, 3.63) is 0 Å². The number of nitrogens with two attached hydrogens (primary N) is 1. The second-order valence-electron chi connectivity index (χ2n) is 6.01. The maximum Gasteiger partial charge on any atom is 0.00439 e. The van der Waals surface area contributed by atoms with Gasteiger partial charge < -0.3 is 5.73 Å². The van der Waals surface area contributed by atoms with Gasteiger partial charge in [-0.25, -0.2) is 0 Å². The molecule has 0 heterocycles. The molecule has 13 heavy (non-hydrogen) atoms. The van der Waals surface area contributed by atoms with Crippen LogP contribution in [0, 0.1) is 17.3 Å². The van der Waals surface area contributed by atoms with Crippen molar-refractivity contribution in [3.8, 4) is 0 Å². The average Bonchev–Trinajstić information content (AvgIpc) is 1.78. The highest BCUT2D eigenvalue weighted by molar-refractivity contribution is 4.81. The lowest BCUT2D eigenvalue weighted by Crippen LogP contribution is -2.32. The topological polar surface area (TPSA) is 26.0 Å². The molecule has 2 atom stereocenters. The van der Waals surface area contributed by atoms with Gasteiger partial charge in [0.1, 0.15) is 0 Å². The van der Waals surface area contributed by atoms with E-state index in [1.807, 2.05) is 0 Å². The summed E-state index contributed by atoms with van der Waals surface area (Å²) in [5, 5.41) is 0. The number of hydrogen-bond acceptors (Lipinski definition) is 1. The average molecular weight is 183 g/mol. The summed E-state index contributed by atoms with van der Waals surface area (Å²) in [6, 6.07) is 0.445. The fourth-order valence-corrected chi connectivity index (χ4v) is 3.27. The van der Waals surface area contributed by atoms with Crippen LogP contribution >= 0.6 is 0 Å². The second-order valence-corrected chi connectivity index (χ2v) is 6.01. The number of hydrogen-bond donors (Lipinski definition) is 1. The third kappa shape index (κ3) is 3.68. The summed E-state index contributed by atoms with van der Waals surface area (Å²) in [5.74, 6) is 1.61. The monoisotopic (exact) mass is 183 g/mol. The molecule has 1 fully saturated rings. The van der Waals surface area contributed by atoms with Crippen LogP contribution in [-0.4, -0.2) is 6.04 Å². The Hall–Kier alpha value is -0.0400. The molecule has 78 valence electrons. The molecule has 1 rings (SSSR count). The summed E-state index contributed by atoms with van der Waals surface area (Å²) >= 11 is 0. The standard InChI is InChI=1S/C12H25N/c1-9-5-11(13)6-10(2)8-12(3,4)7-9/h9-11H,5-8,13H2,1-4H3. The van der Waals surface area contributed by atoms with E-state index in [0.717, 1.165) is 11.8 Å². The summed E-state index contributed by atoms with van der Waals surface area (Å²) in [6.07, 6.45) is 5.11. The van der Waals surface area contributed by atoms with Crippen molar-refractivity contribution in [3.63, 3.8) is 0 Å². The molecule has 0 aliphatic heterocycles. The highest BCUT2D eigenvalue weighted by atomic mass is 14.6. The second kappa shape index (κ2) is 4.00. The molecule has 1 saturated carbocycles. The lowest BCUT2D eigenvalue weighted by atomic mass is 9.71. The van der Waals surface area contributed by atoms with Gasteiger partial charge >= 0.3 is 0 Å². The predicted molar refractivity (Wildman–Crippen MR) is 58.6 cm³/mol. The van der Waals surface area contributed by atoms with Gasteiger partial charge in [0.15, 0.2) is 0 Å². The van der Waals surface area contributed by atoms with Crippen molar-refractivity contribution < 1.29 is 0 Å². The van der Waals surface area contributed by atoms with Crippen LogP contribution in [0.15, 0.2) is 0 Å². The largest absolute Gasteiger partial charge is 0.328 e. The SMILES string of the molecule is CC1CC(N)CC(C)CC(C)(C)C1. The molecule has 0 amide bonds. The molecule has 0 aromatic carbocycles.